The number of amides is 2. The molecule has 2 amide bonds. The third kappa shape index (κ3) is 4.32. The van der Waals surface area contributed by atoms with Crippen molar-refractivity contribution in [2.24, 2.45) is 0 Å². The lowest BCUT2D eigenvalue weighted by Crippen LogP contribution is -2.45. The number of aromatic nitrogens is 1. The normalized spacial score (nSPS) is 16.0. The number of likely N-dealkylation sites (tertiary alicyclic amines) is 1. The highest BCUT2D eigenvalue weighted by Crippen LogP contribution is 2.24. The van der Waals surface area contributed by atoms with Crippen LogP contribution in [0, 0.1) is 0 Å². The van der Waals surface area contributed by atoms with Gasteiger partial charge in [0, 0.05) is 29.2 Å². The van der Waals surface area contributed by atoms with Gasteiger partial charge in [0.05, 0.1) is 6.20 Å². The maximum atomic E-state index is 13.1. The van der Waals surface area contributed by atoms with Crippen LogP contribution in [-0.4, -0.2) is 34.3 Å². The molecule has 7 heteroatoms. The molecule has 1 atom stereocenters. The Morgan fingerprint density at radius 3 is 2.79 bits per heavy atom. The number of rotatable bonds is 5. The molecule has 29 heavy (non-hydrogen) atoms. The van der Waals surface area contributed by atoms with Crippen molar-refractivity contribution in [3.63, 3.8) is 0 Å². The quantitative estimate of drug-likeness (QED) is 0.693. The molecule has 0 saturated carbocycles. The van der Waals surface area contributed by atoms with Crippen LogP contribution in [0.25, 0.3) is 11.3 Å². The van der Waals surface area contributed by atoms with Gasteiger partial charge in [-0.15, -0.1) is 0 Å². The molecule has 0 spiro atoms. The summed E-state index contributed by atoms with van der Waals surface area (Å²) in [5.74, 6) is 0.297. The summed E-state index contributed by atoms with van der Waals surface area (Å²) in [6.07, 6.45) is 4.41. The number of carbonyl (C=O) groups excluding carboxylic acids is 2. The number of carbonyl (C=O) groups is 2. The number of halogens is 1. The van der Waals surface area contributed by atoms with E-state index in [1.54, 1.807) is 41.4 Å². The Bertz CT molecular complexity index is 1000. The van der Waals surface area contributed by atoms with E-state index in [2.05, 4.69) is 10.3 Å². The average molecular weight is 410 g/mol. The fourth-order valence-electron chi connectivity index (χ4n) is 3.52. The van der Waals surface area contributed by atoms with Gasteiger partial charge in [-0.25, -0.2) is 4.98 Å². The molecule has 1 aliphatic heterocycles. The van der Waals surface area contributed by atoms with Crippen LogP contribution >= 0.6 is 11.6 Å². The van der Waals surface area contributed by atoms with Crippen molar-refractivity contribution >= 4 is 23.4 Å². The Kier molecular flexibility index (Phi) is 5.62. The maximum absolute atomic E-state index is 13.1. The van der Waals surface area contributed by atoms with Crippen molar-refractivity contribution in [2.75, 3.05) is 6.54 Å². The predicted molar refractivity (Wildman–Crippen MR) is 109 cm³/mol. The number of benzene rings is 2. The SMILES string of the molecule is O=C(NCc1ccc(Cl)cc1)C1CCCN1C(=O)c1cccc(-c2cnco2)c1. The highest BCUT2D eigenvalue weighted by molar-refractivity contribution is 6.30. The fourth-order valence-corrected chi connectivity index (χ4v) is 3.65. The zero-order valence-corrected chi connectivity index (χ0v) is 16.4. The van der Waals surface area contributed by atoms with Crippen molar-refractivity contribution in [2.45, 2.75) is 25.4 Å². The van der Waals surface area contributed by atoms with Crippen LogP contribution in [0.2, 0.25) is 5.02 Å². The Balaban J connectivity index is 1.45. The molecule has 1 fully saturated rings. The van der Waals surface area contributed by atoms with E-state index >= 15 is 0 Å². The van der Waals surface area contributed by atoms with E-state index in [0.29, 0.717) is 35.9 Å². The maximum Gasteiger partial charge on any atom is 0.254 e. The summed E-state index contributed by atoms with van der Waals surface area (Å²) in [6.45, 7) is 0.958. The van der Waals surface area contributed by atoms with Gasteiger partial charge in [-0.05, 0) is 42.7 Å². The average Bonchev–Trinajstić information content (AvgIpc) is 3.45. The first-order chi connectivity index (χ1) is 14.1. The van der Waals surface area contributed by atoms with E-state index in [1.807, 2.05) is 18.2 Å². The van der Waals surface area contributed by atoms with Crippen molar-refractivity contribution < 1.29 is 14.0 Å². The van der Waals surface area contributed by atoms with Gasteiger partial charge < -0.3 is 14.6 Å². The van der Waals surface area contributed by atoms with Crippen LogP contribution in [0.4, 0.5) is 0 Å². The number of nitrogens with one attached hydrogen (secondary N) is 1. The minimum atomic E-state index is -0.469. The van der Waals surface area contributed by atoms with E-state index in [1.165, 1.54) is 6.39 Å². The Labute approximate surface area is 173 Å². The first-order valence-corrected chi connectivity index (χ1v) is 9.81. The van der Waals surface area contributed by atoms with E-state index in [0.717, 1.165) is 17.5 Å². The van der Waals surface area contributed by atoms with Crippen LogP contribution in [0.3, 0.4) is 0 Å². The van der Waals surface area contributed by atoms with Crippen LogP contribution < -0.4 is 5.32 Å². The molecule has 1 N–H and O–H groups in total. The van der Waals surface area contributed by atoms with Crippen LogP contribution in [0.5, 0.6) is 0 Å². The van der Waals surface area contributed by atoms with E-state index in [9.17, 15) is 9.59 Å². The lowest BCUT2D eigenvalue weighted by atomic mass is 10.1. The summed E-state index contributed by atoms with van der Waals surface area (Å²) >= 11 is 5.89. The van der Waals surface area contributed by atoms with Gasteiger partial charge in [-0.3, -0.25) is 9.59 Å². The summed E-state index contributed by atoms with van der Waals surface area (Å²) in [5.41, 5.74) is 2.26. The molecule has 2 aromatic carbocycles. The van der Waals surface area contributed by atoms with E-state index < -0.39 is 6.04 Å². The van der Waals surface area contributed by atoms with Gasteiger partial charge in [0.1, 0.15) is 6.04 Å². The van der Waals surface area contributed by atoms with E-state index in [4.69, 9.17) is 16.0 Å². The van der Waals surface area contributed by atoms with Gasteiger partial charge in [-0.2, -0.15) is 0 Å². The smallest absolute Gasteiger partial charge is 0.254 e. The first kappa shape index (κ1) is 19.2. The summed E-state index contributed by atoms with van der Waals surface area (Å²) in [5, 5.41) is 3.58. The summed E-state index contributed by atoms with van der Waals surface area (Å²) < 4.78 is 5.31. The molecule has 3 aromatic rings. The Morgan fingerprint density at radius 1 is 1.21 bits per heavy atom. The molecule has 2 heterocycles. The van der Waals surface area contributed by atoms with Gasteiger partial charge in [0.15, 0.2) is 12.2 Å². The van der Waals surface area contributed by atoms with Crippen LogP contribution in [0.1, 0.15) is 28.8 Å². The largest absolute Gasteiger partial charge is 0.444 e. The van der Waals surface area contributed by atoms with Gasteiger partial charge in [0.25, 0.3) is 5.91 Å². The molecule has 1 aliphatic rings. The summed E-state index contributed by atoms with van der Waals surface area (Å²) in [7, 11) is 0. The molecule has 1 unspecified atom stereocenters. The number of hydrogen-bond acceptors (Lipinski definition) is 4. The number of hydrogen-bond donors (Lipinski definition) is 1. The number of oxazole rings is 1. The zero-order chi connectivity index (χ0) is 20.2. The predicted octanol–water partition coefficient (Wildman–Crippen LogP) is 3.92. The second-order valence-corrected chi connectivity index (χ2v) is 7.38. The molecule has 1 saturated heterocycles. The topological polar surface area (TPSA) is 75.4 Å². The lowest BCUT2D eigenvalue weighted by Gasteiger charge is -2.24. The zero-order valence-electron chi connectivity index (χ0n) is 15.7. The number of nitrogens with zero attached hydrogens (tertiary/aromatic N) is 2. The van der Waals surface area contributed by atoms with E-state index in [-0.39, 0.29) is 11.8 Å². The molecule has 0 aliphatic carbocycles. The Hall–Kier alpha value is -3.12. The van der Waals surface area contributed by atoms with Crippen molar-refractivity contribution in [1.29, 1.82) is 0 Å². The molecule has 4 rings (SSSR count). The second-order valence-electron chi connectivity index (χ2n) is 6.95. The van der Waals surface area contributed by atoms with Gasteiger partial charge in [-0.1, -0.05) is 35.9 Å². The van der Waals surface area contributed by atoms with Crippen molar-refractivity contribution in [1.82, 2.24) is 15.2 Å². The van der Waals surface area contributed by atoms with Crippen molar-refractivity contribution in [3.05, 3.63) is 77.3 Å². The standard InChI is InChI=1S/C22H20ClN3O3/c23-18-8-6-15(7-9-18)12-25-21(27)19-5-2-10-26(19)22(28)17-4-1-3-16(11-17)20-13-24-14-29-20/h1,3-4,6-9,11,13-14,19H,2,5,10,12H2,(H,25,27). The van der Waals surface area contributed by atoms with Crippen LogP contribution in [0.15, 0.2) is 65.5 Å². The molecular weight excluding hydrogens is 390 g/mol. The van der Waals surface area contributed by atoms with Crippen LogP contribution in [-0.2, 0) is 11.3 Å². The molecule has 0 radical (unpaired) electrons. The first-order valence-electron chi connectivity index (χ1n) is 9.44. The Morgan fingerprint density at radius 2 is 2.03 bits per heavy atom. The summed E-state index contributed by atoms with van der Waals surface area (Å²) in [6, 6.07) is 14.0. The van der Waals surface area contributed by atoms with Crippen molar-refractivity contribution in [3.8, 4) is 11.3 Å². The highest BCUT2D eigenvalue weighted by Gasteiger charge is 2.34. The third-order valence-corrected chi connectivity index (χ3v) is 5.27. The molecule has 148 valence electrons. The molecule has 0 bridgehead atoms. The summed E-state index contributed by atoms with van der Waals surface area (Å²) in [4.78, 5) is 31.4. The monoisotopic (exact) mass is 409 g/mol. The molecular formula is C22H20ClN3O3. The van der Waals surface area contributed by atoms with Gasteiger partial charge >= 0.3 is 0 Å². The van der Waals surface area contributed by atoms with Gasteiger partial charge in [0.2, 0.25) is 5.91 Å². The second kappa shape index (κ2) is 8.49. The third-order valence-electron chi connectivity index (χ3n) is 5.02. The minimum absolute atomic E-state index is 0.141. The molecule has 6 nitrogen and oxygen atoms in total. The molecule has 1 aromatic heterocycles. The lowest BCUT2D eigenvalue weighted by molar-refractivity contribution is -0.125. The minimum Gasteiger partial charge on any atom is -0.444 e. The fraction of sp³-hybridized carbons (Fsp3) is 0.227. The highest BCUT2D eigenvalue weighted by atomic mass is 35.5.